The van der Waals surface area contributed by atoms with Gasteiger partial charge in [-0.2, -0.15) is 0 Å². The minimum atomic E-state index is -0.424. The molecule has 0 aliphatic carbocycles. The lowest BCUT2D eigenvalue weighted by Gasteiger charge is -2.20. The maximum atomic E-state index is 14.4. The number of benzene rings is 1. The van der Waals surface area contributed by atoms with Crippen LogP contribution in [0.15, 0.2) is 34.9 Å². The van der Waals surface area contributed by atoms with Crippen molar-refractivity contribution < 1.29 is 4.39 Å². The molecule has 0 fully saturated rings. The number of hydrogen-bond donors (Lipinski definition) is 1. The summed E-state index contributed by atoms with van der Waals surface area (Å²) in [6, 6.07) is 6.36. The summed E-state index contributed by atoms with van der Waals surface area (Å²) in [4.78, 5) is 4.27. The van der Waals surface area contributed by atoms with Gasteiger partial charge in [0.1, 0.15) is 5.82 Å². The van der Waals surface area contributed by atoms with Crippen molar-refractivity contribution >= 4 is 39.1 Å². The molecular weight excluding hydrogens is 378 g/mol. The lowest BCUT2D eigenvalue weighted by atomic mass is 10.0. The first-order valence-corrected chi connectivity index (χ1v) is 8.07. The van der Waals surface area contributed by atoms with Crippen molar-refractivity contribution in [1.82, 2.24) is 10.3 Å². The molecule has 0 aliphatic rings. The van der Waals surface area contributed by atoms with Crippen molar-refractivity contribution in [3.63, 3.8) is 0 Å². The van der Waals surface area contributed by atoms with Crippen LogP contribution in [-0.2, 0) is 0 Å². The van der Waals surface area contributed by atoms with Crippen LogP contribution in [0.4, 0.5) is 4.39 Å². The van der Waals surface area contributed by atoms with Gasteiger partial charge in [0.2, 0.25) is 0 Å². The summed E-state index contributed by atoms with van der Waals surface area (Å²) in [5, 5.41) is 4.14. The zero-order chi connectivity index (χ0) is 15.4. The molecule has 6 heteroatoms. The minimum absolute atomic E-state index is 0.320. The summed E-state index contributed by atoms with van der Waals surface area (Å²) in [7, 11) is 0. The minimum Gasteiger partial charge on any atom is -0.305 e. The number of aromatic nitrogens is 1. The highest BCUT2D eigenvalue weighted by molar-refractivity contribution is 9.10. The van der Waals surface area contributed by atoms with Crippen LogP contribution in [0, 0.1) is 5.82 Å². The predicted molar refractivity (Wildman–Crippen MR) is 88.5 cm³/mol. The molecular formula is C15H14BrCl2FN2. The van der Waals surface area contributed by atoms with Crippen molar-refractivity contribution in [2.24, 2.45) is 0 Å². The van der Waals surface area contributed by atoms with E-state index in [2.05, 4.69) is 26.2 Å². The lowest BCUT2D eigenvalue weighted by molar-refractivity contribution is 0.536. The van der Waals surface area contributed by atoms with Crippen molar-refractivity contribution in [2.45, 2.75) is 19.4 Å². The van der Waals surface area contributed by atoms with Gasteiger partial charge in [-0.1, -0.05) is 42.3 Å². The molecule has 21 heavy (non-hydrogen) atoms. The summed E-state index contributed by atoms with van der Waals surface area (Å²) < 4.78 is 14.8. The van der Waals surface area contributed by atoms with E-state index in [1.165, 1.54) is 6.20 Å². The molecule has 1 aromatic carbocycles. The fraction of sp³-hybridized carbons (Fsp3) is 0.267. The van der Waals surface area contributed by atoms with Crippen LogP contribution in [0.25, 0.3) is 0 Å². The molecule has 0 bridgehead atoms. The van der Waals surface area contributed by atoms with E-state index in [9.17, 15) is 4.39 Å². The van der Waals surface area contributed by atoms with Gasteiger partial charge in [-0.05, 0) is 41.0 Å². The van der Waals surface area contributed by atoms with Gasteiger partial charge in [-0.3, -0.25) is 4.98 Å². The zero-order valence-electron chi connectivity index (χ0n) is 11.3. The number of nitrogens with zero attached hydrogens (tertiary/aromatic N) is 1. The third kappa shape index (κ3) is 3.95. The van der Waals surface area contributed by atoms with Gasteiger partial charge >= 0.3 is 0 Å². The third-order valence-electron chi connectivity index (χ3n) is 3.00. The van der Waals surface area contributed by atoms with Crippen LogP contribution in [-0.4, -0.2) is 11.5 Å². The topological polar surface area (TPSA) is 24.9 Å². The predicted octanol–water partition coefficient (Wildman–Crippen LogP) is 5.38. The molecule has 0 aliphatic heterocycles. The highest BCUT2D eigenvalue weighted by Gasteiger charge is 2.22. The van der Waals surface area contributed by atoms with Gasteiger partial charge in [0.15, 0.2) is 0 Å². The molecule has 0 amide bonds. The summed E-state index contributed by atoms with van der Waals surface area (Å²) in [6.45, 7) is 2.76. The van der Waals surface area contributed by atoms with E-state index < -0.39 is 6.04 Å². The van der Waals surface area contributed by atoms with E-state index in [-0.39, 0.29) is 5.82 Å². The first-order chi connectivity index (χ1) is 10.0. The Balaban J connectivity index is 2.49. The first-order valence-electron chi connectivity index (χ1n) is 6.52. The highest BCUT2D eigenvalue weighted by atomic mass is 79.9. The van der Waals surface area contributed by atoms with Crippen LogP contribution in [0.1, 0.15) is 30.6 Å². The Morgan fingerprint density at radius 2 is 2.14 bits per heavy atom. The van der Waals surface area contributed by atoms with Crippen LogP contribution in [0.5, 0.6) is 0 Å². The molecule has 112 valence electrons. The number of hydrogen-bond acceptors (Lipinski definition) is 2. The third-order valence-corrected chi connectivity index (χ3v) is 4.12. The quantitative estimate of drug-likeness (QED) is 0.740. The average Bonchev–Trinajstić information content (AvgIpc) is 2.45. The number of nitrogens with one attached hydrogen (secondary N) is 1. The molecule has 2 nitrogen and oxygen atoms in total. The Hall–Kier alpha value is -0.680. The van der Waals surface area contributed by atoms with E-state index in [0.29, 0.717) is 25.8 Å². The molecule has 2 rings (SSSR count). The van der Waals surface area contributed by atoms with E-state index in [1.54, 1.807) is 24.3 Å². The Kier molecular flexibility index (Phi) is 5.99. The van der Waals surface area contributed by atoms with Crippen LogP contribution in [0.3, 0.4) is 0 Å². The SMILES string of the molecule is CCCNC(c1cccc(Br)c1F)c1ncc(Cl)cc1Cl. The van der Waals surface area contributed by atoms with Crippen molar-refractivity contribution in [3.05, 3.63) is 62.1 Å². The zero-order valence-corrected chi connectivity index (χ0v) is 14.4. The van der Waals surface area contributed by atoms with Gasteiger partial charge in [0.25, 0.3) is 0 Å². The molecule has 0 saturated heterocycles. The largest absolute Gasteiger partial charge is 0.305 e. The fourth-order valence-corrected chi connectivity index (χ4v) is 2.89. The van der Waals surface area contributed by atoms with E-state index in [0.717, 1.165) is 13.0 Å². The van der Waals surface area contributed by atoms with Crippen molar-refractivity contribution in [1.29, 1.82) is 0 Å². The molecule has 1 aromatic heterocycles. The Labute approximate surface area is 141 Å². The normalized spacial score (nSPS) is 12.4. The first kappa shape index (κ1) is 16.7. The molecule has 1 heterocycles. The Morgan fingerprint density at radius 1 is 1.38 bits per heavy atom. The average molecular weight is 392 g/mol. The molecule has 1 atom stereocenters. The maximum Gasteiger partial charge on any atom is 0.142 e. The second-order valence-electron chi connectivity index (χ2n) is 4.55. The molecule has 0 spiro atoms. The Morgan fingerprint density at radius 3 is 2.81 bits per heavy atom. The molecule has 1 N–H and O–H groups in total. The standard InChI is InChI=1S/C15H14BrCl2FN2/c1-2-6-20-14(10-4-3-5-11(16)13(10)19)15-12(18)7-9(17)8-21-15/h3-5,7-8,14,20H,2,6H2,1H3. The van der Waals surface area contributed by atoms with Gasteiger partial charge in [-0.25, -0.2) is 4.39 Å². The monoisotopic (exact) mass is 390 g/mol. The molecule has 0 radical (unpaired) electrons. The van der Waals surface area contributed by atoms with Gasteiger partial charge in [0, 0.05) is 11.8 Å². The van der Waals surface area contributed by atoms with Gasteiger partial charge in [0.05, 0.1) is 26.3 Å². The summed E-state index contributed by atoms with van der Waals surface area (Å²) in [5.41, 5.74) is 1.06. The number of halogens is 4. The highest BCUT2D eigenvalue weighted by Crippen LogP contribution is 2.31. The summed E-state index contributed by atoms with van der Waals surface area (Å²) >= 11 is 15.3. The van der Waals surface area contributed by atoms with E-state index in [4.69, 9.17) is 23.2 Å². The number of pyridine rings is 1. The Bertz CT molecular complexity index is 637. The fourth-order valence-electron chi connectivity index (χ4n) is 2.02. The maximum absolute atomic E-state index is 14.4. The van der Waals surface area contributed by atoms with E-state index in [1.807, 2.05) is 6.92 Å². The van der Waals surface area contributed by atoms with Crippen LogP contribution in [0.2, 0.25) is 10.0 Å². The molecule has 0 saturated carbocycles. The van der Waals surface area contributed by atoms with Crippen LogP contribution < -0.4 is 5.32 Å². The smallest absolute Gasteiger partial charge is 0.142 e. The second kappa shape index (κ2) is 7.54. The second-order valence-corrected chi connectivity index (χ2v) is 6.25. The summed E-state index contributed by atoms with van der Waals surface area (Å²) in [5.74, 6) is -0.320. The van der Waals surface area contributed by atoms with Crippen molar-refractivity contribution in [2.75, 3.05) is 6.54 Å². The van der Waals surface area contributed by atoms with Gasteiger partial charge < -0.3 is 5.32 Å². The van der Waals surface area contributed by atoms with Crippen molar-refractivity contribution in [3.8, 4) is 0 Å². The molecule has 2 aromatic rings. The van der Waals surface area contributed by atoms with Gasteiger partial charge in [-0.15, -0.1) is 0 Å². The number of rotatable bonds is 5. The molecule has 1 unspecified atom stereocenters. The van der Waals surface area contributed by atoms with E-state index >= 15 is 0 Å². The lowest BCUT2D eigenvalue weighted by Crippen LogP contribution is -2.25. The van der Waals surface area contributed by atoms with Crippen LogP contribution >= 0.6 is 39.1 Å². The summed E-state index contributed by atoms with van der Waals surface area (Å²) in [6.07, 6.45) is 2.43.